The maximum Gasteiger partial charge on any atom is 0.113 e. The van der Waals surface area contributed by atoms with E-state index >= 15 is 0 Å². The van der Waals surface area contributed by atoms with Crippen molar-refractivity contribution in [2.24, 2.45) is 0 Å². The Kier molecular flexibility index (Phi) is 8.64. The van der Waals surface area contributed by atoms with Crippen LogP contribution in [-0.4, -0.2) is 95.9 Å². The predicted molar refractivity (Wildman–Crippen MR) is 234 cm³/mol. The van der Waals surface area contributed by atoms with Crippen molar-refractivity contribution < 1.29 is 0 Å². The summed E-state index contributed by atoms with van der Waals surface area (Å²) in [6, 6.07) is 32.9. The monoisotopic (exact) mass is 646 g/mol. The lowest BCUT2D eigenvalue weighted by Crippen LogP contribution is -2.50. The summed E-state index contributed by atoms with van der Waals surface area (Å²) < 4.78 is 1.81. The summed E-state index contributed by atoms with van der Waals surface area (Å²) in [5.41, 5.74) is 8.05. The second kappa shape index (κ2) is 13.0. The number of para-hydroxylation sites is 2. The van der Waals surface area contributed by atoms with Crippen molar-refractivity contribution in [3.8, 4) is 39.1 Å². The molecule has 8 aromatic rings. The third kappa shape index (κ3) is 5.45. The molecule has 0 aliphatic heterocycles. The predicted octanol–water partition coefficient (Wildman–Crippen LogP) is -0.701. The Morgan fingerprint density at radius 3 is 1.40 bits per heavy atom. The Morgan fingerprint density at radius 2 is 0.868 bits per heavy atom. The molecule has 0 bridgehead atoms. The Hall–Kier alpha value is -4.76. The maximum atomic E-state index is 6.97. The standard InChI is InChI=1S/C40H17B11N2/c41-31-27-25(19-14-16-20(17-15-19)53-24-13-7-6-12-23(24)52-39(53)40(49,50)51)28-30(34(44)38(48)36(46)32(28)42)26(29(27)33(43)37(47)35(31)45)22-11-5-4-10-21(22)18-8-2-1-3-9-18/h1-17H. The average Bonchev–Trinajstić information content (AvgIpc) is 3.58. The van der Waals surface area contributed by atoms with E-state index in [0.717, 1.165) is 22.2 Å². The van der Waals surface area contributed by atoms with Gasteiger partial charge in [0.25, 0.3) is 0 Å². The highest BCUT2D eigenvalue weighted by molar-refractivity contribution is 6.71. The summed E-state index contributed by atoms with van der Waals surface area (Å²) in [4.78, 5) is 4.64. The lowest BCUT2D eigenvalue weighted by Gasteiger charge is -2.29. The topological polar surface area (TPSA) is 17.8 Å². The number of benzene rings is 7. The molecule has 0 aliphatic carbocycles. The second-order valence-electron chi connectivity index (χ2n) is 13.2. The quantitative estimate of drug-likeness (QED) is 0.179. The lowest BCUT2D eigenvalue weighted by molar-refractivity contribution is 0.929. The summed E-state index contributed by atoms with van der Waals surface area (Å²) in [5.74, 6) is 0.268. The molecule has 1 aromatic heterocycles. The van der Waals surface area contributed by atoms with Crippen molar-refractivity contribution >= 4 is 163 Å². The number of hydrogen-bond acceptors (Lipinski definition) is 1. The van der Waals surface area contributed by atoms with Gasteiger partial charge in [-0.3, -0.25) is 4.57 Å². The van der Waals surface area contributed by atoms with Gasteiger partial charge in [-0.05, 0) is 79.2 Å². The van der Waals surface area contributed by atoms with Crippen LogP contribution < -0.4 is 43.7 Å². The fraction of sp³-hybridized carbons (Fsp3) is 0.0250. The van der Waals surface area contributed by atoms with Gasteiger partial charge < -0.3 is 0 Å². The summed E-state index contributed by atoms with van der Waals surface area (Å²) >= 11 is 0. The normalized spacial score (nSPS) is 11.8. The molecule has 0 fully saturated rings. The zero-order valence-corrected chi connectivity index (χ0v) is 28.6. The Balaban J connectivity index is 1.54. The van der Waals surface area contributed by atoms with Gasteiger partial charge in [-0.15, -0.1) is 21.9 Å². The van der Waals surface area contributed by atoms with E-state index in [1.807, 2.05) is 108 Å². The van der Waals surface area contributed by atoms with E-state index in [-0.39, 0.29) is 49.5 Å². The number of rotatable bonds is 5. The van der Waals surface area contributed by atoms with Crippen LogP contribution in [0.4, 0.5) is 0 Å². The largest absolute Gasteiger partial charge is 0.298 e. The third-order valence-corrected chi connectivity index (χ3v) is 9.96. The van der Waals surface area contributed by atoms with Crippen molar-refractivity contribution in [2.45, 2.75) is 5.11 Å². The summed E-state index contributed by atoms with van der Waals surface area (Å²) in [6.45, 7) is 0. The van der Waals surface area contributed by atoms with Crippen LogP contribution in [0.25, 0.3) is 71.6 Å². The molecule has 0 atom stereocenters. The first-order valence-electron chi connectivity index (χ1n) is 16.7. The van der Waals surface area contributed by atoms with E-state index in [0.29, 0.717) is 49.4 Å². The number of nitrogens with zero attached hydrogens (tertiary/aromatic N) is 2. The number of imidazole rings is 1. The van der Waals surface area contributed by atoms with E-state index in [9.17, 15) is 0 Å². The molecule has 7 aromatic carbocycles. The van der Waals surface area contributed by atoms with Crippen molar-refractivity contribution in [3.05, 3.63) is 109 Å². The molecule has 0 saturated heterocycles. The molecule has 0 amide bonds. The van der Waals surface area contributed by atoms with E-state index in [4.69, 9.17) is 86.3 Å². The summed E-state index contributed by atoms with van der Waals surface area (Å²) in [6.07, 6.45) is 0. The van der Waals surface area contributed by atoms with Gasteiger partial charge in [0.05, 0.1) is 40.4 Å². The minimum Gasteiger partial charge on any atom is -0.298 e. The van der Waals surface area contributed by atoms with Crippen LogP contribution in [0.15, 0.2) is 103 Å². The second-order valence-corrected chi connectivity index (χ2v) is 13.2. The van der Waals surface area contributed by atoms with E-state index in [2.05, 4.69) is 4.98 Å². The van der Waals surface area contributed by atoms with Crippen molar-refractivity contribution in [1.82, 2.24) is 9.55 Å². The minimum atomic E-state index is -1.73. The van der Waals surface area contributed by atoms with E-state index in [1.54, 1.807) is 0 Å². The molecule has 0 unspecified atom stereocenters. The minimum absolute atomic E-state index is 0.129. The van der Waals surface area contributed by atoms with Crippen molar-refractivity contribution in [2.75, 3.05) is 0 Å². The molecular formula is C40H17B11N2. The zero-order chi connectivity index (χ0) is 37.5. The van der Waals surface area contributed by atoms with Gasteiger partial charge in [-0.25, -0.2) is 4.98 Å². The first kappa shape index (κ1) is 35.3. The fourth-order valence-electron chi connectivity index (χ4n) is 7.43. The molecule has 8 rings (SSSR count). The highest BCUT2D eigenvalue weighted by Gasteiger charge is 2.27. The van der Waals surface area contributed by atoms with Gasteiger partial charge in [0, 0.05) is 5.69 Å². The Bertz CT molecular complexity index is 2710. The molecule has 13 heteroatoms. The van der Waals surface area contributed by atoms with Crippen molar-refractivity contribution in [3.63, 3.8) is 0 Å². The average molecular weight is 645 g/mol. The van der Waals surface area contributed by atoms with Crippen LogP contribution in [0.5, 0.6) is 0 Å². The Morgan fingerprint density at radius 1 is 0.415 bits per heavy atom. The maximum absolute atomic E-state index is 6.97. The van der Waals surface area contributed by atoms with E-state index < -0.39 is 5.11 Å². The molecule has 1 heterocycles. The van der Waals surface area contributed by atoms with Crippen LogP contribution >= 0.6 is 0 Å². The van der Waals surface area contributed by atoms with Crippen LogP contribution in [0.2, 0.25) is 0 Å². The highest BCUT2D eigenvalue weighted by atomic mass is 15.1. The first-order valence-corrected chi connectivity index (χ1v) is 16.7. The van der Waals surface area contributed by atoms with Crippen LogP contribution in [0, 0.1) is 0 Å². The van der Waals surface area contributed by atoms with Gasteiger partial charge in [0.1, 0.15) is 62.8 Å². The molecule has 2 nitrogen and oxygen atoms in total. The van der Waals surface area contributed by atoms with Gasteiger partial charge in [0.15, 0.2) is 0 Å². The third-order valence-electron chi connectivity index (χ3n) is 9.96. The van der Waals surface area contributed by atoms with Crippen molar-refractivity contribution in [1.29, 1.82) is 0 Å². The molecule has 0 aliphatic rings. The SMILES string of the molecule is [B]c1c([B])c([B])c2c(-c3ccccc3-c3ccccc3)c3c([B])c([B])c([B])c([B])c3c(-c3ccc(-n4c(C([B])([B])[B])nc5ccccc54)cc3)c2c1[B]. The summed E-state index contributed by atoms with van der Waals surface area (Å²) in [5, 5.41) is 0.355. The van der Waals surface area contributed by atoms with Crippen LogP contribution in [0.1, 0.15) is 5.82 Å². The van der Waals surface area contributed by atoms with Gasteiger partial charge in [0.2, 0.25) is 0 Å². The van der Waals surface area contributed by atoms with Gasteiger partial charge >= 0.3 is 0 Å². The van der Waals surface area contributed by atoms with Crippen LogP contribution in [0.3, 0.4) is 0 Å². The van der Waals surface area contributed by atoms with Gasteiger partial charge in [-0.2, -0.15) is 0 Å². The zero-order valence-electron chi connectivity index (χ0n) is 28.6. The number of hydrogen-bond donors (Lipinski definition) is 0. The molecule has 0 N–H and O–H groups in total. The fourth-order valence-corrected chi connectivity index (χ4v) is 7.43. The van der Waals surface area contributed by atoms with Crippen LogP contribution in [-0.2, 0) is 5.11 Å². The smallest absolute Gasteiger partial charge is 0.113 e. The molecular weight excluding hydrogens is 627 g/mol. The summed E-state index contributed by atoms with van der Waals surface area (Å²) in [7, 11) is 72.9. The number of fused-ring (bicyclic) bond motifs is 3. The Labute approximate surface area is 323 Å². The highest BCUT2D eigenvalue weighted by Crippen LogP contribution is 2.43. The molecule has 53 heavy (non-hydrogen) atoms. The molecule has 0 saturated carbocycles. The van der Waals surface area contributed by atoms with E-state index in [1.165, 1.54) is 0 Å². The molecule has 22 radical (unpaired) electrons. The number of aromatic nitrogens is 2. The lowest BCUT2D eigenvalue weighted by atomic mass is 9.42. The van der Waals surface area contributed by atoms with Gasteiger partial charge in [-0.1, -0.05) is 106 Å². The molecule has 0 spiro atoms. The molecule has 220 valence electrons. The first-order chi connectivity index (χ1) is 25.3.